The van der Waals surface area contributed by atoms with Crippen molar-refractivity contribution in [3.8, 4) is 0 Å². The highest BCUT2D eigenvalue weighted by Crippen LogP contribution is 2.37. The number of carbonyl (C=O) groups excluding carboxylic acids is 1. The van der Waals surface area contributed by atoms with Gasteiger partial charge in [0.1, 0.15) is 6.61 Å². The second-order valence-corrected chi connectivity index (χ2v) is 5.42. The van der Waals surface area contributed by atoms with Crippen LogP contribution in [0.15, 0.2) is 0 Å². The van der Waals surface area contributed by atoms with E-state index in [0.29, 0.717) is 6.61 Å². The second kappa shape index (κ2) is 5.30. The lowest BCUT2D eigenvalue weighted by molar-refractivity contribution is 0.138. The van der Waals surface area contributed by atoms with E-state index < -0.39 is 0 Å². The monoisotopic (exact) mass is 243 g/mol. The van der Waals surface area contributed by atoms with E-state index in [-0.39, 0.29) is 11.5 Å². The van der Waals surface area contributed by atoms with Gasteiger partial charge in [-0.1, -0.05) is 25.7 Å². The van der Waals surface area contributed by atoms with Crippen LogP contribution in [-0.2, 0) is 4.74 Å². The highest BCUT2D eigenvalue weighted by atomic mass is 32.1. The first-order chi connectivity index (χ1) is 7.76. The molecule has 2 fully saturated rings. The van der Waals surface area contributed by atoms with Gasteiger partial charge in [-0.15, -0.1) is 0 Å². The van der Waals surface area contributed by atoms with Crippen LogP contribution >= 0.6 is 12.6 Å². The van der Waals surface area contributed by atoms with Crippen LogP contribution < -0.4 is 0 Å². The van der Waals surface area contributed by atoms with Crippen molar-refractivity contribution in [1.29, 1.82) is 0 Å². The Kier molecular flexibility index (Phi) is 4.00. The zero-order valence-electron chi connectivity index (χ0n) is 9.78. The fourth-order valence-electron chi connectivity index (χ4n) is 2.82. The van der Waals surface area contributed by atoms with Gasteiger partial charge in [0.15, 0.2) is 0 Å². The molecule has 0 bridgehead atoms. The van der Waals surface area contributed by atoms with Crippen LogP contribution in [0.1, 0.15) is 38.5 Å². The lowest BCUT2D eigenvalue weighted by atomic mass is 9.82. The van der Waals surface area contributed by atoms with Crippen LogP contribution in [0.3, 0.4) is 0 Å². The van der Waals surface area contributed by atoms with Gasteiger partial charge < -0.3 is 9.64 Å². The van der Waals surface area contributed by atoms with Crippen molar-refractivity contribution in [2.24, 2.45) is 5.41 Å². The van der Waals surface area contributed by atoms with Gasteiger partial charge in [0, 0.05) is 6.54 Å². The summed E-state index contributed by atoms with van der Waals surface area (Å²) in [7, 11) is 0. The molecule has 4 heteroatoms. The summed E-state index contributed by atoms with van der Waals surface area (Å²) in [6.45, 7) is 2.16. The Morgan fingerprint density at radius 2 is 1.94 bits per heavy atom. The molecule has 1 aliphatic heterocycles. The number of nitrogens with zero attached hydrogens (tertiary/aromatic N) is 1. The first-order valence-electron chi connectivity index (χ1n) is 6.28. The van der Waals surface area contributed by atoms with Gasteiger partial charge in [-0.3, -0.25) is 0 Å². The molecule has 0 spiro atoms. The maximum absolute atomic E-state index is 11.5. The summed E-state index contributed by atoms with van der Waals surface area (Å²) in [5.41, 5.74) is 0.239. The normalized spacial score (nSPS) is 25.3. The molecule has 2 rings (SSSR count). The standard InChI is InChI=1S/C12H21NO2S/c14-11-13(7-8-15-11)9-12(10-16)5-3-1-2-4-6-12/h16H,1-10H2. The molecule has 2 aliphatic rings. The van der Waals surface area contributed by atoms with Crippen LogP contribution in [0.25, 0.3) is 0 Å². The molecular weight excluding hydrogens is 222 g/mol. The van der Waals surface area contributed by atoms with Gasteiger partial charge in [-0.05, 0) is 24.0 Å². The second-order valence-electron chi connectivity index (χ2n) is 5.11. The highest BCUT2D eigenvalue weighted by molar-refractivity contribution is 7.80. The first kappa shape index (κ1) is 12.1. The lowest BCUT2D eigenvalue weighted by Crippen LogP contribution is -2.39. The Morgan fingerprint density at radius 3 is 2.44 bits per heavy atom. The fourth-order valence-corrected chi connectivity index (χ4v) is 3.24. The average molecular weight is 243 g/mol. The summed E-state index contributed by atoms with van der Waals surface area (Å²) in [6.07, 6.45) is 7.51. The van der Waals surface area contributed by atoms with Gasteiger partial charge in [-0.2, -0.15) is 12.6 Å². The van der Waals surface area contributed by atoms with E-state index in [2.05, 4.69) is 12.6 Å². The van der Waals surface area contributed by atoms with Crippen molar-refractivity contribution >= 4 is 18.7 Å². The summed E-state index contributed by atoms with van der Waals surface area (Å²) in [5.74, 6) is 0.886. The van der Waals surface area contributed by atoms with E-state index >= 15 is 0 Å². The van der Waals surface area contributed by atoms with Gasteiger partial charge in [0.25, 0.3) is 0 Å². The third-order valence-corrected chi connectivity index (χ3v) is 4.54. The zero-order valence-corrected chi connectivity index (χ0v) is 10.7. The predicted octanol–water partition coefficient (Wildman–Crippen LogP) is 2.71. The van der Waals surface area contributed by atoms with E-state index in [0.717, 1.165) is 18.8 Å². The molecule has 0 radical (unpaired) electrons. The summed E-state index contributed by atoms with van der Waals surface area (Å²) in [4.78, 5) is 13.3. The molecule has 1 saturated carbocycles. The zero-order chi connectivity index (χ0) is 11.4. The van der Waals surface area contributed by atoms with Crippen molar-refractivity contribution in [2.45, 2.75) is 38.5 Å². The van der Waals surface area contributed by atoms with Crippen molar-refractivity contribution in [1.82, 2.24) is 4.90 Å². The fraction of sp³-hybridized carbons (Fsp3) is 0.917. The van der Waals surface area contributed by atoms with E-state index in [1.807, 2.05) is 4.90 Å². The Morgan fingerprint density at radius 1 is 1.25 bits per heavy atom. The number of amides is 1. The molecule has 0 aromatic rings. The third-order valence-electron chi connectivity index (χ3n) is 3.87. The topological polar surface area (TPSA) is 29.5 Å². The Hall–Kier alpha value is -0.380. The molecule has 0 unspecified atom stereocenters. The SMILES string of the molecule is O=C1OCCN1CC1(CS)CCCCCC1. The molecule has 1 saturated heterocycles. The minimum absolute atomic E-state index is 0.134. The third kappa shape index (κ3) is 2.65. The van der Waals surface area contributed by atoms with Gasteiger partial charge >= 0.3 is 6.09 Å². The van der Waals surface area contributed by atoms with Gasteiger partial charge in [0.05, 0.1) is 6.54 Å². The molecule has 16 heavy (non-hydrogen) atoms. The Labute approximate surface area is 103 Å². The maximum atomic E-state index is 11.5. The minimum Gasteiger partial charge on any atom is -0.448 e. The Balaban J connectivity index is 1.99. The number of hydrogen-bond acceptors (Lipinski definition) is 3. The largest absolute Gasteiger partial charge is 0.448 e. The Bertz CT molecular complexity index is 249. The summed E-state index contributed by atoms with van der Waals surface area (Å²) in [5, 5.41) is 0. The molecule has 0 atom stereocenters. The molecule has 1 aliphatic carbocycles. The molecular formula is C12H21NO2S. The van der Waals surface area contributed by atoms with Crippen LogP contribution in [0, 0.1) is 5.41 Å². The summed E-state index contributed by atoms with van der Waals surface area (Å²) in [6, 6.07) is 0. The first-order valence-corrected chi connectivity index (χ1v) is 6.92. The number of ether oxygens (including phenoxy) is 1. The quantitative estimate of drug-likeness (QED) is 0.610. The number of carbonyl (C=O) groups is 1. The van der Waals surface area contributed by atoms with E-state index in [1.54, 1.807) is 0 Å². The van der Waals surface area contributed by atoms with Crippen molar-refractivity contribution < 1.29 is 9.53 Å². The highest BCUT2D eigenvalue weighted by Gasteiger charge is 2.35. The molecule has 0 N–H and O–H groups in total. The number of thiol groups is 1. The summed E-state index contributed by atoms with van der Waals surface area (Å²) < 4.78 is 4.99. The smallest absolute Gasteiger partial charge is 0.409 e. The molecule has 1 heterocycles. The van der Waals surface area contributed by atoms with E-state index in [1.165, 1.54) is 38.5 Å². The summed E-state index contributed by atoms with van der Waals surface area (Å²) >= 11 is 4.52. The number of cyclic esters (lactones) is 1. The predicted molar refractivity (Wildman–Crippen MR) is 66.9 cm³/mol. The maximum Gasteiger partial charge on any atom is 0.409 e. The average Bonchev–Trinajstić information content (AvgIpc) is 2.56. The van der Waals surface area contributed by atoms with Gasteiger partial charge in [0.2, 0.25) is 0 Å². The van der Waals surface area contributed by atoms with Gasteiger partial charge in [-0.25, -0.2) is 4.79 Å². The van der Waals surface area contributed by atoms with E-state index in [4.69, 9.17) is 4.74 Å². The van der Waals surface area contributed by atoms with Crippen LogP contribution in [0.4, 0.5) is 4.79 Å². The van der Waals surface area contributed by atoms with Crippen molar-refractivity contribution in [3.63, 3.8) is 0 Å². The molecule has 1 amide bonds. The molecule has 0 aromatic heterocycles. The van der Waals surface area contributed by atoms with Crippen LogP contribution in [0.2, 0.25) is 0 Å². The molecule has 0 aromatic carbocycles. The molecule has 92 valence electrons. The van der Waals surface area contributed by atoms with Crippen molar-refractivity contribution in [2.75, 3.05) is 25.4 Å². The van der Waals surface area contributed by atoms with Crippen LogP contribution in [-0.4, -0.2) is 36.4 Å². The number of rotatable bonds is 3. The molecule has 3 nitrogen and oxygen atoms in total. The minimum atomic E-state index is -0.134. The number of hydrogen-bond donors (Lipinski definition) is 1. The van der Waals surface area contributed by atoms with Crippen molar-refractivity contribution in [3.05, 3.63) is 0 Å². The lowest BCUT2D eigenvalue weighted by Gasteiger charge is -2.34. The van der Waals surface area contributed by atoms with E-state index in [9.17, 15) is 4.79 Å². The van der Waals surface area contributed by atoms with Crippen LogP contribution in [0.5, 0.6) is 0 Å².